The summed E-state index contributed by atoms with van der Waals surface area (Å²) < 4.78 is 28.1. The van der Waals surface area contributed by atoms with Crippen molar-refractivity contribution >= 4 is 27.3 Å². The van der Waals surface area contributed by atoms with Crippen molar-refractivity contribution in [3.63, 3.8) is 0 Å². The minimum absolute atomic E-state index is 0.0612. The summed E-state index contributed by atoms with van der Waals surface area (Å²) in [6.07, 6.45) is 2.92. The van der Waals surface area contributed by atoms with E-state index in [1.54, 1.807) is 28.8 Å². The van der Waals surface area contributed by atoms with Crippen LogP contribution < -0.4 is 9.62 Å². The molecule has 0 aliphatic carbocycles. The molecule has 110 valence electrons. The van der Waals surface area contributed by atoms with E-state index in [0.717, 1.165) is 4.31 Å². The zero-order valence-electron chi connectivity index (χ0n) is 11.4. The van der Waals surface area contributed by atoms with Crippen molar-refractivity contribution in [1.82, 2.24) is 9.55 Å². The molecule has 21 heavy (non-hydrogen) atoms. The van der Waals surface area contributed by atoms with Crippen LogP contribution in [0.3, 0.4) is 0 Å². The number of hydrogen-bond acceptors (Lipinski definition) is 4. The van der Waals surface area contributed by atoms with Gasteiger partial charge >= 0.3 is 0 Å². The first-order chi connectivity index (χ1) is 10.0. The van der Waals surface area contributed by atoms with Crippen LogP contribution in [-0.2, 0) is 21.4 Å². The summed E-state index contributed by atoms with van der Waals surface area (Å²) in [5, 5.41) is 2.60. The van der Waals surface area contributed by atoms with Crippen molar-refractivity contribution in [3.05, 3.63) is 36.8 Å². The molecule has 1 N–H and O–H groups in total. The van der Waals surface area contributed by atoms with Crippen LogP contribution in [0.1, 0.15) is 6.92 Å². The summed E-state index contributed by atoms with van der Waals surface area (Å²) in [5.41, 5.74) is 0.926. The smallest absolute Gasteiger partial charge is 0.283 e. The van der Waals surface area contributed by atoms with E-state index in [1.807, 2.05) is 6.92 Å². The van der Waals surface area contributed by atoms with Crippen LogP contribution in [0.5, 0.6) is 0 Å². The number of nitrogens with one attached hydrogen (secondary N) is 1. The molecule has 0 unspecified atom stereocenters. The number of fused-ring (bicyclic) bond motifs is 1. The molecule has 0 fully saturated rings. The first kappa shape index (κ1) is 13.6. The maximum absolute atomic E-state index is 12.7. The molecule has 1 aliphatic heterocycles. The summed E-state index contributed by atoms with van der Waals surface area (Å²) in [7, 11) is -3.86. The number of anilines is 2. The van der Waals surface area contributed by atoms with Crippen molar-refractivity contribution < 1.29 is 13.2 Å². The van der Waals surface area contributed by atoms with E-state index in [0.29, 0.717) is 17.9 Å². The van der Waals surface area contributed by atoms with E-state index in [2.05, 4.69) is 10.3 Å². The van der Waals surface area contributed by atoms with E-state index in [-0.39, 0.29) is 17.5 Å². The van der Waals surface area contributed by atoms with Gasteiger partial charge in [-0.3, -0.25) is 9.10 Å². The normalized spacial score (nSPS) is 14.7. The topological polar surface area (TPSA) is 84.3 Å². The Bertz CT molecular complexity index is 797. The maximum Gasteiger partial charge on any atom is 0.283 e. The average Bonchev–Trinajstić information content (AvgIpc) is 2.96. The molecule has 1 aliphatic rings. The Labute approximate surface area is 122 Å². The minimum atomic E-state index is -3.86. The summed E-state index contributed by atoms with van der Waals surface area (Å²) in [6.45, 7) is 2.26. The molecule has 0 radical (unpaired) electrons. The number of sulfonamides is 1. The molecule has 0 saturated heterocycles. The molecule has 7 nitrogen and oxygen atoms in total. The molecule has 3 rings (SSSR count). The summed E-state index contributed by atoms with van der Waals surface area (Å²) in [5.74, 6) is -0.368. The molecule has 0 atom stereocenters. The van der Waals surface area contributed by atoms with Crippen molar-refractivity contribution in [2.24, 2.45) is 0 Å². The van der Waals surface area contributed by atoms with Crippen molar-refractivity contribution in [3.8, 4) is 0 Å². The number of nitrogens with zero attached hydrogens (tertiary/aromatic N) is 3. The molecule has 0 bridgehead atoms. The number of amides is 1. The van der Waals surface area contributed by atoms with Gasteiger partial charge in [0.25, 0.3) is 10.0 Å². The monoisotopic (exact) mass is 306 g/mol. The molecule has 1 aromatic heterocycles. The zero-order chi connectivity index (χ0) is 15.0. The number of para-hydroxylation sites is 2. The van der Waals surface area contributed by atoms with Gasteiger partial charge in [-0.2, -0.15) is 8.42 Å². The lowest BCUT2D eigenvalue weighted by Crippen LogP contribution is -2.42. The summed E-state index contributed by atoms with van der Waals surface area (Å²) in [6, 6.07) is 6.78. The zero-order valence-corrected chi connectivity index (χ0v) is 12.2. The molecular formula is C13H14N4O3S. The van der Waals surface area contributed by atoms with Crippen molar-refractivity contribution in [2.45, 2.75) is 18.5 Å². The maximum atomic E-state index is 12.7. The second-order valence-electron chi connectivity index (χ2n) is 4.62. The molecule has 1 aromatic carbocycles. The fourth-order valence-corrected chi connectivity index (χ4v) is 3.56. The van der Waals surface area contributed by atoms with Gasteiger partial charge in [0.2, 0.25) is 5.91 Å². The van der Waals surface area contributed by atoms with E-state index < -0.39 is 10.0 Å². The standard InChI is InChI=1S/C13H14N4O3S/c1-2-16-8-13(14-9-16)21(19,20)17-7-12(18)15-10-5-3-4-6-11(10)17/h3-6,8-9H,2,7H2,1H3,(H,15,18). The largest absolute Gasteiger partial charge is 0.336 e. The Morgan fingerprint density at radius 1 is 1.33 bits per heavy atom. The highest BCUT2D eigenvalue weighted by molar-refractivity contribution is 7.92. The average molecular weight is 306 g/mol. The Balaban J connectivity index is 2.09. The predicted molar refractivity (Wildman–Crippen MR) is 77.5 cm³/mol. The second-order valence-corrected chi connectivity index (χ2v) is 6.43. The first-order valence-corrected chi connectivity index (χ1v) is 7.90. The van der Waals surface area contributed by atoms with Crippen LogP contribution in [0.15, 0.2) is 41.8 Å². The number of imidazole rings is 1. The highest BCUT2D eigenvalue weighted by Crippen LogP contribution is 2.32. The molecule has 8 heteroatoms. The van der Waals surface area contributed by atoms with E-state index in [1.165, 1.54) is 12.5 Å². The second kappa shape index (κ2) is 4.88. The van der Waals surface area contributed by atoms with E-state index in [9.17, 15) is 13.2 Å². The number of aromatic nitrogens is 2. The molecule has 0 spiro atoms. The minimum Gasteiger partial charge on any atom is -0.336 e. The Morgan fingerprint density at radius 2 is 2.10 bits per heavy atom. The molecule has 0 saturated carbocycles. The van der Waals surface area contributed by atoms with Crippen molar-refractivity contribution in [1.29, 1.82) is 0 Å². The van der Waals surface area contributed by atoms with Gasteiger partial charge in [0.1, 0.15) is 6.54 Å². The number of hydrogen-bond donors (Lipinski definition) is 1. The number of carbonyl (C=O) groups excluding carboxylic acids is 1. The van der Waals surface area contributed by atoms with Crippen molar-refractivity contribution in [2.75, 3.05) is 16.2 Å². The quantitative estimate of drug-likeness (QED) is 0.918. The highest BCUT2D eigenvalue weighted by atomic mass is 32.2. The lowest BCUT2D eigenvalue weighted by molar-refractivity contribution is -0.115. The molecule has 1 amide bonds. The fourth-order valence-electron chi connectivity index (χ4n) is 2.18. The third-order valence-electron chi connectivity index (χ3n) is 3.26. The van der Waals surface area contributed by atoms with Crippen LogP contribution in [0.2, 0.25) is 0 Å². The SMILES string of the molecule is CCn1cnc(S(=O)(=O)N2CC(=O)Nc3ccccc32)c1. The van der Waals surface area contributed by atoms with Gasteiger partial charge in [-0.1, -0.05) is 12.1 Å². The van der Waals surface area contributed by atoms with Crippen LogP contribution in [0.4, 0.5) is 11.4 Å². The lowest BCUT2D eigenvalue weighted by atomic mass is 10.2. The number of carbonyl (C=O) groups is 1. The summed E-state index contributed by atoms with van der Waals surface area (Å²) >= 11 is 0. The fraction of sp³-hybridized carbons (Fsp3) is 0.231. The third kappa shape index (κ3) is 2.27. The Hall–Kier alpha value is -2.35. The van der Waals surface area contributed by atoms with E-state index >= 15 is 0 Å². The molecular weight excluding hydrogens is 292 g/mol. The van der Waals surface area contributed by atoms with E-state index in [4.69, 9.17) is 0 Å². The third-order valence-corrected chi connectivity index (χ3v) is 4.91. The first-order valence-electron chi connectivity index (χ1n) is 6.46. The number of benzene rings is 1. The highest BCUT2D eigenvalue weighted by Gasteiger charge is 2.33. The van der Waals surface area contributed by atoms with Crippen LogP contribution in [0.25, 0.3) is 0 Å². The van der Waals surface area contributed by atoms with Gasteiger partial charge in [-0.25, -0.2) is 4.98 Å². The number of aryl methyl sites for hydroxylation is 1. The lowest BCUT2D eigenvalue weighted by Gasteiger charge is -2.29. The van der Waals surface area contributed by atoms with Crippen LogP contribution >= 0.6 is 0 Å². The molecule has 2 aromatic rings. The predicted octanol–water partition coefficient (Wildman–Crippen LogP) is 1.05. The van der Waals surface area contributed by atoms with Crippen LogP contribution in [-0.4, -0.2) is 30.4 Å². The summed E-state index contributed by atoms with van der Waals surface area (Å²) in [4.78, 5) is 15.7. The van der Waals surface area contributed by atoms with Gasteiger partial charge < -0.3 is 9.88 Å². The number of rotatable bonds is 3. The molecule has 2 heterocycles. The van der Waals surface area contributed by atoms with Gasteiger partial charge in [-0.15, -0.1) is 0 Å². The van der Waals surface area contributed by atoms with Gasteiger partial charge in [0.05, 0.1) is 17.7 Å². The van der Waals surface area contributed by atoms with Crippen LogP contribution in [0, 0.1) is 0 Å². The van der Waals surface area contributed by atoms with Gasteiger partial charge in [0.15, 0.2) is 5.03 Å². The van der Waals surface area contributed by atoms with Gasteiger partial charge in [0, 0.05) is 12.7 Å². The Morgan fingerprint density at radius 3 is 2.81 bits per heavy atom. The Kier molecular flexibility index (Phi) is 3.17. The van der Waals surface area contributed by atoms with Gasteiger partial charge in [-0.05, 0) is 19.1 Å².